The molecule has 0 aromatic heterocycles. The highest BCUT2D eigenvalue weighted by Crippen LogP contribution is 2.05. The maximum Gasteiger partial charge on any atom is 0.407 e. The van der Waals surface area contributed by atoms with Crippen LogP contribution in [0.15, 0.2) is 30.3 Å². The Balaban J connectivity index is 2.63. The van der Waals surface area contributed by atoms with Crippen molar-refractivity contribution in [2.24, 2.45) is 5.92 Å². The van der Waals surface area contributed by atoms with Crippen LogP contribution in [-0.2, 0) is 35.1 Å². The molecule has 0 saturated heterocycles. The first-order valence-electron chi connectivity index (χ1n) is 12.6. The fraction of sp³-hybridized carbons (Fsp3) is 0.577. The van der Waals surface area contributed by atoms with Crippen molar-refractivity contribution in [3.63, 3.8) is 0 Å². The first-order chi connectivity index (χ1) is 18.2. The topological polar surface area (TPSA) is 172 Å². The van der Waals surface area contributed by atoms with Crippen molar-refractivity contribution < 1.29 is 38.6 Å². The molecule has 0 unspecified atom stereocenters. The summed E-state index contributed by atoms with van der Waals surface area (Å²) in [6.45, 7) is 5.35. The SMILES string of the molecule is CC(C)C[C@@H](C=O)NC(=O)CNC(=O)[C@H](C)NC(=O)[C@H](Cc1ccccc1)NC(=O)OCCOCCCO. The van der Waals surface area contributed by atoms with E-state index >= 15 is 0 Å². The Bertz CT molecular complexity index is 881. The summed E-state index contributed by atoms with van der Waals surface area (Å²) in [5, 5.41) is 18.7. The van der Waals surface area contributed by atoms with Crippen molar-refractivity contribution in [1.82, 2.24) is 21.3 Å². The molecule has 0 spiro atoms. The van der Waals surface area contributed by atoms with Crippen molar-refractivity contribution in [2.45, 2.75) is 58.2 Å². The number of aldehydes is 1. The first kappa shape index (κ1) is 32.5. The Hall–Kier alpha value is -3.51. The highest BCUT2D eigenvalue weighted by molar-refractivity contribution is 5.93. The molecule has 0 aliphatic rings. The third-order valence-electron chi connectivity index (χ3n) is 5.21. The van der Waals surface area contributed by atoms with Crippen molar-refractivity contribution in [2.75, 3.05) is 33.0 Å². The standard InChI is InChI=1S/C26H40N4O8/c1-18(2)14-21(17-32)29-23(33)16-27-24(34)19(3)28-25(35)22(15-20-8-5-4-6-9-20)30-26(36)38-13-12-37-11-7-10-31/h4-6,8-9,17-19,21-22,31H,7,10-16H2,1-3H3,(H,27,34)(H,28,35)(H,29,33)(H,30,36)/t19-,21-,22-/m0/s1. The molecular weight excluding hydrogens is 496 g/mol. The number of hydrogen-bond donors (Lipinski definition) is 5. The van der Waals surface area contributed by atoms with Gasteiger partial charge in [-0.2, -0.15) is 0 Å². The molecule has 212 valence electrons. The highest BCUT2D eigenvalue weighted by atomic mass is 16.6. The minimum Gasteiger partial charge on any atom is -0.447 e. The summed E-state index contributed by atoms with van der Waals surface area (Å²) in [6.07, 6.45) is 0.919. The molecule has 0 fully saturated rings. The number of benzene rings is 1. The van der Waals surface area contributed by atoms with E-state index in [1.807, 2.05) is 19.9 Å². The summed E-state index contributed by atoms with van der Waals surface area (Å²) < 4.78 is 10.3. The van der Waals surface area contributed by atoms with E-state index in [1.165, 1.54) is 6.92 Å². The summed E-state index contributed by atoms with van der Waals surface area (Å²) >= 11 is 0. The molecule has 12 heteroatoms. The van der Waals surface area contributed by atoms with Gasteiger partial charge in [0, 0.05) is 19.6 Å². The smallest absolute Gasteiger partial charge is 0.407 e. The van der Waals surface area contributed by atoms with Gasteiger partial charge in [-0.25, -0.2) is 4.79 Å². The number of aliphatic hydroxyl groups is 1. The summed E-state index contributed by atoms with van der Waals surface area (Å²) in [4.78, 5) is 60.9. The molecule has 1 aromatic carbocycles. The summed E-state index contributed by atoms with van der Waals surface area (Å²) in [5.41, 5.74) is 0.778. The van der Waals surface area contributed by atoms with Gasteiger partial charge in [0.25, 0.3) is 0 Å². The number of aliphatic hydroxyl groups excluding tert-OH is 1. The lowest BCUT2D eigenvalue weighted by Gasteiger charge is -2.21. The van der Waals surface area contributed by atoms with Crippen LogP contribution in [-0.4, -0.2) is 86.3 Å². The summed E-state index contributed by atoms with van der Waals surface area (Å²) in [5.74, 6) is -1.55. The zero-order chi connectivity index (χ0) is 28.3. The fourth-order valence-corrected chi connectivity index (χ4v) is 3.32. The molecule has 5 N–H and O–H groups in total. The molecule has 0 bridgehead atoms. The van der Waals surface area contributed by atoms with Gasteiger partial charge < -0.3 is 40.6 Å². The highest BCUT2D eigenvalue weighted by Gasteiger charge is 2.25. The second kappa shape index (κ2) is 18.7. The molecule has 4 amide bonds. The summed E-state index contributed by atoms with van der Waals surface area (Å²) in [7, 11) is 0. The predicted octanol–water partition coefficient (Wildman–Crippen LogP) is 0.0736. The van der Waals surface area contributed by atoms with Crippen LogP contribution in [0.2, 0.25) is 0 Å². The van der Waals surface area contributed by atoms with Crippen molar-refractivity contribution in [3.8, 4) is 0 Å². The third-order valence-corrected chi connectivity index (χ3v) is 5.21. The van der Waals surface area contributed by atoms with Crippen LogP contribution >= 0.6 is 0 Å². The van der Waals surface area contributed by atoms with E-state index in [9.17, 15) is 24.0 Å². The lowest BCUT2D eigenvalue weighted by molar-refractivity contribution is -0.131. The van der Waals surface area contributed by atoms with E-state index in [0.717, 1.165) is 5.56 Å². The van der Waals surface area contributed by atoms with Gasteiger partial charge in [-0.15, -0.1) is 0 Å². The van der Waals surface area contributed by atoms with E-state index in [2.05, 4.69) is 21.3 Å². The Kier molecular flexibility index (Phi) is 16.0. The molecule has 1 rings (SSSR count). The second-order valence-corrected chi connectivity index (χ2v) is 9.10. The van der Waals surface area contributed by atoms with Gasteiger partial charge in [0.2, 0.25) is 17.7 Å². The lowest BCUT2D eigenvalue weighted by atomic mass is 10.0. The molecule has 0 aliphatic heterocycles. The molecule has 0 radical (unpaired) electrons. The minimum absolute atomic E-state index is 0.000193. The average Bonchev–Trinajstić information content (AvgIpc) is 2.88. The normalized spacial score (nSPS) is 13.1. The number of nitrogens with one attached hydrogen (secondary N) is 4. The van der Waals surface area contributed by atoms with E-state index in [0.29, 0.717) is 25.7 Å². The molecular formula is C26H40N4O8. The maximum atomic E-state index is 12.9. The van der Waals surface area contributed by atoms with Crippen molar-refractivity contribution >= 4 is 30.1 Å². The van der Waals surface area contributed by atoms with Crippen LogP contribution in [0.4, 0.5) is 4.79 Å². The zero-order valence-corrected chi connectivity index (χ0v) is 22.2. The molecule has 0 heterocycles. The van der Waals surface area contributed by atoms with Gasteiger partial charge >= 0.3 is 6.09 Å². The minimum atomic E-state index is -1.04. The van der Waals surface area contributed by atoms with Gasteiger partial charge in [0.15, 0.2) is 0 Å². The number of hydrogen-bond acceptors (Lipinski definition) is 8. The van der Waals surface area contributed by atoms with Crippen molar-refractivity contribution in [1.29, 1.82) is 0 Å². The number of rotatable bonds is 18. The molecule has 38 heavy (non-hydrogen) atoms. The van der Waals surface area contributed by atoms with E-state index in [-0.39, 0.29) is 38.7 Å². The van der Waals surface area contributed by atoms with Gasteiger partial charge in [0.05, 0.1) is 19.2 Å². The van der Waals surface area contributed by atoms with E-state index in [1.54, 1.807) is 24.3 Å². The van der Waals surface area contributed by atoms with E-state index < -0.39 is 41.9 Å². The predicted molar refractivity (Wildman–Crippen MR) is 139 cm³/mol. The quantitative estimate of drug-likeness (QED) is 0.130. The van der Waals surface area contributed by atoms with Crippen LogP contribution in [0.25, 0.3) is 0 Å². The summed E-state index contributed by atoms with van der Waals surface area (Å²) in [6, 6.07) is 6.30. The number of carbonyl (C=O) groups is 5. The number of ether oxygens (including phenoxy) is 2. The first-order valence-corrected chi connectivity index (χ1v) is 12.6. The van der Waals surface area contributed by atoms with Crippen LogP contribution < -0.4 is 21.3 Å². The third kappa shape index (κ3) is 14.3. The Labute approximate surface area is 223 Å². The molecule has 0 aliphatic carbocycles. The monoisotopic (exact) mass is 536 g/mol. The van der Waals surface area contributed by atoms with Gasteiger partial charge in [-0.05, 0) is 31.2 Å². The number of amides is 4. The van der Waals surface area contributed by atoms with Crippen LogP contribution in [0.5, 0.6) is 0 Å². The fourth-order valence-electron chi connectivity index (χ4n) is 3.32. The number of carbonyl (C=O) groups excluding carboxylic acids is 5. The largest absolute Gasteiger partial charge is 0.447 e. The molecule has 12 nitrogen and oxygen atoms in total. The lowest BCUT2D eigenvalue weighted by Crippen LogP contribution is -2.54. The Morgan fingerprint density at radius 1 is 0.947 bits per heavy atom. The second-order valence-electron chi connectivity index (χ2n) is 9.10. The van der Waals surface area contributed by atoms with Crippen LogP contribution in [0, 0.1) is 5.92 Å². The van der Waals surface area contributed by atoms with Gasteiger partial charge in [0.1, 0.15) is 25.0 Å². The Morgan fingerprint density at radius 3 is 2.29 bits per heavy atom. The molecule has 3 atom stereocenters. The van der Waals surface area contributed by atoms with Crippen LogP contribution in [0.3, 0.4) is 0 Å². The Morgan fingerprint density at radius 2 is 1.66 bits per heavy atom. The molecule has 0 saturated carbocycles. The zero-order valence-electron chi connectivity index (χ0n) is 22.2. The maximum absolute atomic E-state index is 12.9. The van der Waals surface area contributed by atoms with Crippen LogP contribution in [0.1, 0.15) is 39.2 Å². The number of alkyl carbamates (subject to hydrolysis) is 1. The molecule has 1 aromatic rings. The average molecular weight is 537 g/mol. The van der Waals surface area contributed by atoms with Crippen molar-refractivity contribution in [3.05, 3.63) is 35.9 Å². The van der Waals surface area contributed by atoms with E-state index in [4.69, 9.17) is 14.6 Å². The van der Waals surface area contributed by atoms with Gasteiger partial charge in [-0.1, -0.05) is 44.2 Å². The van der Waals surface area contributed by atoms with Gasteiger partial charge in [-0.3, -0.25) is 14.4 Å².